The largest absolute Gasteiger partial charge is 0.383 e. The van der Waals surface area contributed by atoms with E-state index >= 15 is 0 Å². The van der Waals surface area contributed by atoms with Gasteiger partial charge >= 0.3 is 0 Å². The molecule has 9 heteroatoms. The number of nitrogens with zero attached hydrogens (tertiary/aromatic N) is 2. The lowest BCUT2D eigenvalue weighted by Crippen LogP contribution is -2.54. The highest BCUT2D eigenvalue weighted by Crippen LogP contribution is 2.34. The smallest absolute Gasteiger partial charge is 0.251 e. The molecule has 0 saturated carbocycles. The highest BCUT2D eigenvalue weighted by Gasteiger charge is 2.53. The Morgan fingerprint density at radius 3 is 2.54 bits per heavy atom. The van der Waals surface area contributed by atoms with Crippen molar-refractivity contribution in [2.75, 3.05) is 52.8 Å². The zero-order valence-electron chi connectivity index (χ0n) is 22.5. The predicted molar refractivity (Wildman–Crippen MR) is 145 cm³/mol. The van der Waals surface area contributed by atoms with Gasteiger partial charge in [-0.25, -0.2) is 0 Å². The van der Waals surface area contributed by atoms with E-state index < -0.39 is 12.1 Å². The van der Waals surface area contributed by atoms with E-state index in [-0.39, 0.29) is 41.5 Å². The first kappa shape index (κ1) is 28.1. The van der Waals surface area contributed by atoms with Crippen molar-refractivity contribution >= 4 is 29.4 Å². The van der Waals surface area contributed by atoms with Crippen molar-refractivity contribution in [2.45, 2.75) is 62.5 Å². The number of amides is 2. The zero-order chi connectivity index (χ0) is 26.5. The van der Waals surface area contributed by atoms with Gasteiger partial charge in [0, 0.05) is 25.8 Å². The van der Waals surface area contributed by atoms with Crippen LogP contribution >= 0.6 is 11.8 Å². The van der Waals surface area contributed by atoms with Crippen molar-refractivity contribution in [1.82, 2.24) is 15.1 Å². The SMILES string of the molecule is CC[C@H](C)[C@H](NC(=O)c1ccc(C2CCN(CCOC)CC2)cc1)C(=O)N1C[C@H](SC)[C@H]2OCC(=O)[C@H]21. The number of rotatable bonds is 10. The number of hydrogen-bond donors (Lipinski definition) is 1. The summed E-state index contributed by atoms with van der Waals surface area (Å²) < 4.78 is 10.9. The Hall–Kier alpha value is -1.94. The van der Waals surface area contributed by atoms with Crippen molar-refractivity contribution in [3.63, 3.8) is 0 Å². The predicted octanol–water partition coefficient (Wildman–Crippen LogP) is 2.57. The Morgan fingerprint density at radius 1 is 1.22 bits per heavy atom. The van der Waals surface area contributed by atoms with E-state index in [0.717, 1.165) is 45.5 Å². The number of ketones is 1. The molecule has 37 heavy (non-hydrogen) atoms. The van der Waals surface area contributed by atoms with Crippen LogP contribution in [-0.4, -0.2) is 104 Å². The third-order valence-corrected chi connectivity index (χ3v) is 9.36. The van der Waals surface area contributed by atoms with Gasteiger partial charge in [-0.3, -0.25) is 14.4 Å². The van der Waals surface area contributed by atoms with Crippen LogP contribution < -0.4 is 5.32 Å². The van der Waals surface area contributed by atoms with E-state index in [1.807, 2.05) is 44.4 Å². The Bertz CT molecular complexity index is 950. The second-order valence-electron chi connectivity index (χ2n) is 10.5. The van der Waals surface area contributed by atoms with Gasteiger partial charge < -0.3 is 24.6 Å². The quantitative estimate of drug-likeness (QED) is 0.497. The second-order valence-corrected chi connectivity index (χ2v) is 11.6. The maximum atomic E-state index is 13.7. The van der Waals surface area contributed by atoms with Crippen LogP contribution in [0.1, 0.15) is 54.9 Å². The van der Waals surface area contributed by atoms with Gasteiger partial charge in [0.2, 0.25) is 5.91 Å². The molecule has 2 amide bonds. The van der Waals surface area contributed by atoms with Gasteiger partial charge in [0.1, 0.15) is 18.7 Å². The van der Waals surface area contributed by atoms with E-state index in [1.165, 1.54) is 5.56 Å². The van der Waals surface area contributed by atoms with Crippen LogP contribution in [0.25, 0.3) is 0 Å². The van der Waals surface area contributed by atoms with Gasteiger partial charge in [-0.05, 0) is 61.7 Å². The van der Waals surface area contributed by atoms with Crippen molar-refractivity contribution in [2.24, 2.45) is 5.92 Å². The molecule has 0 aliphatic carbocycles. The van der Waals surface area contributed by atoms with Crippen molar-refractivity contribution in [3.8, 4) is 0 Å². The van der Waals surface area contributed by atoms with E-state index in [1.54, 1.807) is 23.8 Å². The molecule has 4 rings (SSSR count). The molecule has 3 saturated heterocycles. The third kappa shape index (κ3) is 6.21. The molecular formula is C28H41N3O5S. The first-order valence-corrected chi connectivity index (χ1v) is 14.8. The highest BCUT2D eigenvalue weighted by molar-refractivity contribution is 7.99. The summed E-state index contributed by atoms with van der Waals surface area (Å²) in [6.07, 6.45) is 4.63. The van der Waals surface area contributed by atoms with Gasteiger partial charge in [0.05, 0.1) is 18.0 Å². The first-order valence-electron chi connectivity index (χ1n) is 13.5. The number of ether oxygens (including phenoxy) is 2. The summed E-state index contributed by atoms with van der Waals surface area (Å²) >= 11 is 1.62. The summed E-state index contributed by atoms with van der Waals surface area (Å²) in [4.78, 5) is 43.6. The minimum atomic E-state index is -0.691. The molecule has 0 bridgehead atoms. The van der Waals surface area contributed by atoms with Gasteiger partial charge in [-0.2, -0.15) is 11.8 Å². The molecule has 1 aromatic rings. The number of Topliss-reactive ketones (excluding diaryl/α,β-unsaturated/α-hetero) is 1. The molecular weight excluding hydrogens is 490 g/mol. The molecule has 3 aliphatic rings. The normalized spacial score (nSPS) is 26.2. The number of likely N-dealkylation sites (tertiary alicyclic amines) is 2. The number of methoxy groups -OCH3 is 1. The van der Waals surface area contributed by atoms with Crippen LogP contribution in [0, 0.1) is 5.92 Å². The Kier molecular flexibility index (Phi) is 9.67. The second kappa shape index (κ2) is 12.7. The average molecular weight is 532 g/mol. The van der Waals surface area contributed by atoms with Gasteiger partial charge in [0.15, 0.2) is 5.78 Å². The molecule has 0 unspecified atom stereocenters. The van der Waals surface area contributed by atoms with Gasteiger partial charge in [-0.15, -0.1) is 0 Å². The first-order chi connectivity index (χ1) is 17.9. The minimum Gasteiger partial charge on any atom is -0.383 e. The third-order valence-electron chi connectivity index (χ3n) is 8.33. The highest BCUT2D eigenvalue weighted by atomic mass is 32.2. The van der Waals surface area contributed by atoms with Crippen LogP contribution in [-0.2, 0) is 19.1 Å². The van der Waals surface area contributed by atoms with E-state index in [4.69, 9.17) is 9.47 Å². The van der Waals surface area contributed by atoms with Crippen LogP contribution in [0.3, 0.4) is 0 Å². The van der Waals surface area contributed by atoms with E-state index in [2.05, 4.69) is 10.2 Å². The Morgan fingerprint density at radius 2 is 1.92 bits per heavy atom. The topological polar surface area (TPSA) is 88.2 Å². The lowest BCUT2D eigenvalue weighted by molar-refractivity contribution is -0.139. The summed E-state index contributed by atoms with van der Waals surface area (Å²) in [7, 11) is 1.74. The summed E-state index contributed by atoms with van der Waals surface area (Å²) in [5, 5.41) is 3.07. The number of benzene rings is 1. The molecule has 0 radical (unpaired) electrons. The van der Waals surface area contributed by atoms with Crippen LogP contribution in [0.4, 0.5) is 0 Å². The van der Waals surface area contributed by atoms with Crippen molar-refractivity contribution in [1.29, 1.82) is 0 Å². The fourth-order valence-electron chi connectivity index (χ4n) is 5.75. The lowest BCUT2D eigenvalue weighted by Gasteiger charge is -2.32. The van der Waals surface area contributed by atoms with Crippen LogP contribution in [0.5, 0.6) is 0 Å². The fourth-order valence-corrected chi connectivity index (χ4v) is 6.56. The molecule has 3 fully saturated rings. The molecule has 3 heterocycles. The summed E-state index contributed by atoms with van der Waals surface area (Å²) in [6.45, 7) is 8.33. The molecule has 204 valence electrons. The molecule has 5 atom stereocenters. The molecule has 0 aromatic heterocycles. The monoisotopic (exact) mass is 531 g/mol. The average Bonchev–Trinajstić information content (AvgIpc) is 3.50. The summed E-state index contributed by atoms with van der Waals surface area (Å²) in [6, 6.07) is 6.59. The number of nitrogens with one attached hydrogen (secondary N) is 1. The summed E-state index contributed by atoms with van der Waals surface area (Å²) in [5.74, 6) is -0.0767. The molecule has 8 nitrogen and oxygen atoms in total. The number of piperidine rings is 1. The van der Waals surface area contributed by atoms with Crippen molar-refractivity contribution in [3.05, 3.63) is 35.4 Å². The lowest BCUT2D eigenvalue weighted by atomic mass is 9.89. The standard InChI is InChI=1S/C28H41N3O5S/c1-5-18(2)24(28(34)31-16-23(37-4)26-25(31)22(32)17-36-26)29-27(33)21-8-6-19(7-9-21)20-10-12-30(13-11-20)14-15-35-3/h6-9,18,20,23-26H,5,10-17H2,1-4H3,(H,29,33)/t18-,23-,24-,25+,26+/m0/s1. The van der Waals surface area contributed by atoms with Crippen molar-refractivity contribution < 1.29 is 23.9 Å². The van der Waals surface area contributed by atoms with Crippen LogP contribution in [0.15, 0.2) is 24.3 Å². The molecule has 1 N–H and O–H groups in total. The Balaban J connectivity index is 1.40. The maximum Gasteiger partial charge on any atom is 0.251 e. The molecule has 0 spiro atoms. The number of hydrogen-bond acceptors (Lipinski definition) is 7. The van der Waals surface area contributed by atoms with E-state index in [9.17, 15) is 14.4 Å². The molecule has 1 aromatic carbocycles. The zero-order valence-corrected chi connectivity index (χ0v) is 23.3. The maximum absolute atomic E-state index is 13.7. The number of thioether (sulfide) groups is 1. The van der Waals surface area contributed by atoms with Gasteiger partial charge in [-0.1, -0.05) is 32.4 Å². The number of carbonyl (C=O) groups excluding carboxylic acids is 3. The van der Waals surface area contributed by atoms with Crippen LogP contribution in [0.2, 0.25) is 0 Å². The van der Waals surface area contributed by atoms with E-state index in [0.29, 0.717) is 18.0 Å². The fraction of sp³-hybridized carbons (Fsp3) is 0.679. The molecule has 3 aliphatic heterocycles. The van der Waals surface area contributed by atoms with Gasteiger partial charge in [0.25, 0.3) is 5.91 Å². The number of carbonyl (C=O) groups is 3. The summed E-state index contributed by atoms with van der Waals surface area (Å²) in [5.41, 5.74) is 1.80. The Labute approximate surface area is 224 Å². The number of fused-ring (bicyclic) bond motifs is 1. The minimum absolute atomic E-state index is 0.0507.